The van der Waals surface area contributed by atoms with Crippen LogP contribution in [0, 0.1) is 0 Å². The summed E-state index contributed by atoms with van der Waals surface area (Å²) < 4.78 is 1.38. The van der Waals surface area contributed by atoms with Crippen LogP contribution >= 0.6 is 11.6 Å². The molecule has 0 spiro atoms. The molecule has 1 unspecified atom stereocenters. The first-order valence-electron chi connectivity index (χ1n) is 8.24. The summed E-state index contributed by atoms with van der Waals surface area (Å²) >= 11 is 6.25. The second-order valence-electron chi connectivity index (χ2n) is 6.54. The molecule has 0 saturated carbocycles. The predicted octanol–water partition coefficient (Wildman–Crippen LogP) is 2.17. The lowest BCUT2D eigenvalue weighted by molar-refractivity contribution is 0.0859. The van der Waals surface area contributed by atoms with E-state index in [2.05, 4.69) is 10.4 Å². The van der Waals surface area contributed by atoms with Gasteiger partial charge in [0.05, 0.1) is 22.3 Å². The first-order chi connectivity index (χ1) is 11.6. The van der Waals surface area contributed by atoms with Gasteiger partial charge >= 0.3 is 0 Å². The highest BCUT2D eigenvalue weighted by Crippen LogP contribution is 2.38. The highest BCUT2D eigenvalue weighted by atomic mass is 35.5. The van der Waals surface area contributed by atoms with E-state index in [4.69, 9.17) is 23.1 Å². The first-order valence-corrected chi connectivity index (χ1v) is 8.62. The van der Waals surface area contributed by atoms with Crippen LogP contribution in [0.15, 0.2) is 18.2 Å². The Morgan fingerprint density at radius 3 is 3.04 bits per heavy atom. The fourth-order valence-electron chi connectivity index (χ4n) is 3.71. The molecule has 126 valence electrons. The number of aromatic nitrogens is 2. The molecule has 0 bridgehead atoms. The molecular weight excluding hydrogens is 326 g/mol. The standard InChI is InChI=1S/C17H20ClN5O/c18-13-3-1-2-10-11(6-7-21-15(10)13)17(24)23-16(20)12-8-9(19)4-5-14(12)22-23/h1-3,9,11,21H,4-8,19-20H2/t9-,11?/m0/s1. The summed E-state index contributed by atoms with van der Waals surface area (Å²) in [5.41, 5.74) is 15.8. The Hall–Kier alpha value is -2.05. The molecule has 7 heteroatoms. The van der Waals surface area contributed by atoms with E-state index in [1.54, 1.807) is 0 Å². The van der Waals surface area contributed by atoms with Gasteiger partial charge < -0.3 is 16.8 Å². The number of nitrogens with one attached hydrogen (secondary N) is 1. The molecular formula is C17H20ClN5O. The number of para-hydroxylation sites is 1. The molecule has 4 rings (SSSR count). The number of rotatable bonds is 1. The molecule has 0 saturated heterocycles. The number of aryl methyl sites for hydroxylation is 1. The zero-order valence-electron chi connectivity index (χ0n) is 13.3. The Kier molecular flexibility index (Phi) is 3.73. The lowest BCUT2D eigenvalue weighted by Gasteiger charge is -2.26. The smallest absolute Gasteiger partial charge is 0.256 e. The number of nitrogens with two attached hydrogens (primary N) is 2. The minimum Gasteiger partial charge on any atom is -0.384 e. The van der Waals surface area contributed by atoms with E-state index in [-0.39, 0.29) is 17.9 Å². The van der Waals surface area contributed by atoms with E-state index < -0.39 is 0 Å². The van der Waals surface area contributed by atoms with Crippen LogP contribution < -0.4 is 16.8 Å². The average molecular weight is 346 g/mol. The number of nitrogen functional groups attached to an aromatic ring is 1. The van der Waals surface area contributed by atoms with Crippen molar-refractivity contribution in [2.24, 2.45) is 5.73 Å². The summed E-state index contributed by atoms with van der Waals surface area (Å²) in [5.74, 6) is 0.0463. The van der Waals surface area contributed by atoms with Crippen molar-refractivity contribution in [1.82, 2.24) is 9.78 Å². The number of anilines is 2. The summed E-state index contributed by atoms with van der Waals surface area (Å²) in [7, 11) is 0. The lowest BCUT2D eigenvalue weighted by Crippen LogP contribution is -2.28. The molecule has 0 radical (unpaired) electrons. The Morgan fingerprint density at radius 2 is 2.21 bits per heavy atom. The number of fused-ring (bicyclic) bond motifs is 2. The molecule has 1 aliphatic carbocycles. The van der Waals surface area contributed by atoms with Gasteiger partial charge in [-0.25, -0.2) is 0 Å². The van der Waals surface area contributed by atoms with Crippen molar-refractivity contribution in [3.63, 3.8) is 0 Å². The fourth-order valence-corrected chi connectivity index (χ4v) is 3.96. The van der Waals surface area contributed by atoms with Crippen LogP contribution in [0.4, 0.5) is 11.5 Å². The van der Waals surface area contributed by atoms with E-state index >= 15 is 0 Å². The third-order valence-corrected chi connectivity index (χ3v) is 5.30. The van der Waals surface area contributed by atoms with Gasteiger partial charge in [-0.15, -0.1) is 0 Å². The van der Waals surface area contributed by atoms with Gasteiger partial charge in [0.25, 0.3) is 5.91 Å². The molecule has 2 aromatic rings. The molecule has 5 N–H and O–H groups in total. The van der Waals surface area contributed by atoms with Crippen molar-refractivity contribution in [1.29, 1.82) is 0 Å². The van der Waals surface area contributed by atoms with Gasteiger partial charge in [-0.2, -0.15) is 9.78 Å². The van der Waals surface area contributed by atoms with Crippen LogP contribution in [0.25, 0.3) is 0 Å². The Bertz CT molecular complexity index is 816. The van der Waals surface area contributed by atoms with Crippen molar-refractivity contribution in [2.45, 2.75) is 37.6 Å². The van der Waals surface area contributed by atoms with Gasteiger partial charge in [-0.05, 0) is 37.3 Å². The summed E-state index contributed by atoms with van der Waals surface area (Å²) in [6.45, 7) is 0.693. The van der Waals surface area contributed by atoms with Gasteiger partial charge in [0.2, 0.25) is 0 Å². The number of nitrogens with zero attached hydrogens (tertiary/aromatic N) is 2. The second-order valence-corrected chi connectivity index (χ2v) is 6.94. The normalized spacial score (nSPS) is 22.4. The van der Waals surface area contributed by atoms with E-state index in [0.29, 0.717) is 30.2 Å². The summed E-state index contributed by atoms with van der Waals surface area (Å²) in [5, 5.41) is 8.39. The Balaban J connectivity index is 1.73. The van der Waals surface area contributed by atoms with Gasteiger partial charge in [-0.1, -0.05) is 23.7 Å². The number of benzene rings is 1. The van der Waals surface area contributed by atoms with Crippen LogP contribution in [0.5, 0.6) is 0 Å². The van der Waals surface area contributed by atoms with Crippen LogP contribution in [-0.4, -0.2) is 28.3 Å². The molecule has 24 heavy (non-hydrogen) atoms. The van der Waals surface area contributed by atoms with Crippen molar-refractivity contribution in [3.8, 4) is 0 Å². The maximum Gasteiger partial charge on any atom is 0.256 e. The van der Waals surface area contributed by atoms with Crippen LogP contribution in [0.2, 0.25) is 5.02 Å². The van der Waals surface area contributed by atoms with Crippen molar-refractivity contribution in [3.05, 3.63) is 40.0 Å². The molecule has 0 fully saturated rings. The summed E-state index contributed by atoms with van der Waals surface area (Å²) in [6.07, 6.45) is 3.03. The third-order valence-electron chi connectivity index (χ3n) is 4.99. The number of carbonyl (C=O) groups is 1. The maximum absolute atomic E-state index is 13.1. The van der Waals surface area contributed by atoms with Gasteiger partial charge in [-0.3, -0.25) is 4.79 Å². The minimum atomic E-state index is -0.294. The second kappa shape index (κ2) is 5.79. The SMILES string of the molecule is Nc1c2c(nn1C(=O)C1CCNc3c(Cl)cccc31)CC[C@H](N)C2. The largest absolute Gasteiger partial charge is 0.384 e. The van der Waals surface area contributed by atoms with Crippen molar-refractivity contribution in [2.75, 3.05) is 17.6 Å². The summed E-state index contributed by atoms with van der Waals surface area (Å²) in [6, 6.07) is 5.71. The molecule has 1 aromatic heterocycles. The Morgan fingerprint density at radius 1 is 1.38 bits per heavy atom. The zero-order valence-corrected chi connectivity index (χ0v) is 14.0. The molecule has 2 aliphatic rings. The fraction of sp³-hybridized carbons (Fsp3) is 0.412. The van der Waals surface area contributed by atoms with Crippen molar-refractivity contribution >= 4 is 29.0 Å². The first kappa shape index (κ1) is 15.5. The predicted molar refractivity (Wildman–Crippen MR) is 94.6 cm³/mol. The van der Waals surface area contributed by atoms with Crippen LogP contribution in [0.3, 0.4) is 0 Å². The van der Waals surface area contributed by atoms with E-state index in [0.717, 1.165) is 35.3 Å². The topological polar surface area (TPSA) is 99.0 Å². The van der Waals surface area contributed by atoms with E-state index in [9.17, 15) is 4.79 Å². The number of halogens is 1. The lowest BCUT2D eigenvalue weighted by atomic mass is 9.90. The highest BCUT2D eigenvalue weighted by Gasteiger charge is 2.32. The molecule has 2 heterocycles. The summed E-state index contributed by atoms with van der Waals surface area (Å²) in [4.78, 5) is 13.1. The molecule has 2 atom stereocenters. The van der Waals surface area contributed by atoms with Crippen LogP contribution in [-0.2, 0) is 12.8 Å². The number of carbonyl (C=O) groups excluding carboxylic acids is 1. The third kappa shape index (κ3) is 2.37. The Labute approximate surface area is 145 Å². The van der Waals surface area contributed by atoms with Gasteiger partial charge in [0, 0.05) is 18.2 Å². The van der Waals surface area contributed by atoms with Crippen LogP contribution in [0.1, 0.15) is 40.4 Å². The highest BCUT2D eigenvalue weighted by molar-refractivity contribution is 6.33. The van der Waals surface area contributed by atoms with Gasteiger partial charge in [0.1, 0.15) is 5.82 Å². The monoisotopic (exact) mass is 345 g/mol. The molecule has 6 nitrogen and oxygen atoms in total. The number of hydrogen-bond donors (Lipinski definition) is 3. The maximum atomic E-state index is 13.1. The molecule has 1 aliphatic heterocycles. The van der Waals surface area contributed by atoms with Gasteiger partial charge in [0.15, 0.2) is 0 Å². The van der Waals surface area contributed by atoms with E-state index in [1.807, 2.05) is 18.2 Å². The molecule has 0 amide bonds. The van der Waals surface area contributed by atoms with Crippen molar-refractivity contribution < 1.29 is 4.79 Å². The molecule has 1 aromatic carbocycles. The number of hydrogen-bond acceptors (Lipinski definition) is 5. The minimum absolute atomic E-state index is 0.0889. The average Bonchev–Trinajstić information content (AvgIpc) is 2.91. The zero-order chi connectivity index (χ0) is 16.8. The van der Waals surface area contributed by atoms with E-state index in [1.165, 1.54) is 4.68 Å². The quantitative estimate of drug-likeness (QED) is 0.735.